The highest BCUT2D eigenvalue weighted by Crippen LogP contribution is 2.38. The third-order valence-electron chi connectivity index (χ3n) is 5.24. The molecule has 1 saturated heterocycles. The van der Waals surface area contributed by atoms with E-state index in [0.717, 1.165) is 30.2 Å². The van der Waals surface area contributed by atoms with E-state index in [9.17, 15) is 4.79 Å². The van der Waals surface area contributed by atoms with E-state index in [1.165, 1.54) is 21.7 Å². The molecule has 2 aliphatic rings. The molecule has 0 atom stereocenters. The van der Waals surface area contributed by atoms with E-state index in [4.69, 9.17) is 4.74 Å². The number of hydrogen-bond acceptors (Lipinski definition) is 6. The zero-order valence-corrected chi connectivity index (χ0v) is 17.5. The number of aromatic nitrogens is 2. The van der Waals surface area contributed by atoms with Crippen LogP contribution in [0.1, 0.15) is 47.8 Å². The second-order valence-corrected chi connectivity index (χ2v) is 8.49. The number of carbonyl (C=O) groups excluding carboxylic acids is 1. The molecule has 6 nitrogen and oxygen atoms in total. The number of piperazine rings is 1. The van der Waals surface area contributed by atoms with Gasteiger partial charge in [-0.2, -0.15) is 0 Å². The van der Waals surface area contributed by atoms with Crippen molar-refractivity contribution in [3.05, 3.63) is 39.6 Å². The maximum atomic E-state index is 11.9. The van der Waals surface area contributed by atoms with E-state index in [-0.39, 0.29) is 6.09 Å². The van der Waals surface area contributed by atoms with Crippen molar-refractivity contribution in [3.8, 4) is 0 Å². The van der Waals surface area contributed by atoms with Gasteiger partial charge in [-0.3, -0.25) is 4.98 Å². The molecule has 0 N–H and O–H groups in total. The maximum absolute atomic E-state index is 11.9. The van der Waals surface area contributed by atoms with Crippen LogP contribution in [-0.4, -0.2) is 53.7 Å². The summed E-state index contributed by atoms with van der Waals surface area (Å²) in [6, 6.07) is 2.08. The van der Waals surface area contributed by atoms with Crippen molar-refractivity contribution in [2.75, 3.05) is 37.7 Å². The SMILES string of the molecule is CCOC(=O)N1CCN(c2ccnc3c2C=C(c2ncc(C(C)C)s2)C3)CC1. The van der Waals surface area contributed by atoms with Crippen LogP contribution < -0.4 is 4.90 Å². The highest BCUT2D eigenvalue weighted by atomic mass is 32.1. The number of pyridine rings is 1. The van der Waals surface area contributed by atoms with Crippen LogP contribution in [-0.2, 0) is 11.2 Å². The first-order valence-corrected chi connectivity index (χ1v) is 10.7. The topological polar surface area (TPSA) is 58.6 Å². The first-order chi connectivity index (χ1) is 13.6. The van der Waals surface area contributed by atoms with Crippen LogP contribution in [0.5, 0.6) is 0 Å². The van der Waals surface area contributed by atoms with Gasteiger partial charge in [0.1, 0.15) is 5.01 Å². The number of hydrogen-bond donors (Lipinski definition) is 0. The second kappa shape index (κ2) is 7.91. The Morgan fingerprint density at radius 1 is 1.25 bits per heavy atom. The fourth-order valence-corrected chi connectivity index (χ4v) is 4.60. The molecular weight excluding hydrogens is 372 g/mol. The van der Waals surface area contributed by atoms with Gasteiger partial charge in [0.15, 0.2) is 0 Å². The van der Waals surface area contributed by atoms with E-state index in [1.807, 2.05) is 19.3 Å². The number of nitrogens with zero attached hydrogens (tertiary/aromatic N) is 4. The molecule has 1 aliphatic carbocycles. The van der Waals surface area contributed by atoms with Crippen LogP contribution in [0.2, 0.25) is 0 Å². The van der Waals surface area contributed by atoms with Gasteiger partial charge in [-0.1, -0.05) is 13.8 Å². The maximum Gasteiger partial charge on any atom is 0.409 e. The Balaban J connectivity index is 1.52. The predicted octanol–water partition coefficient (Wildman–Crippen LogP) is 4.04. The quantitative estimate of drug-likeness (QED) is 0.778. The van der Waals surface area contributed by atoms with Gasteiger partial charge < -0.3 is 14.5 Å². The molecule has 0 aromatic carbocycles. The highest BCUT2D eigenvalue weighted by Gasteiger charge is 2.26. The summed E-state index contributed by atoms with van der Waals surface area (Å²) in [7, 11) is 0. The summed E-state index contributed by atoms with van der Waals surface area (Å²) in [5, 5.41) is 1.10. The minimum absolute atomic E-state index is 0.214. The van der Waals surface area contributed by atoms with Crippen LogP contribution in [0.25, 0.3) is 11.6 Å². The first kappa shape index (κ1) is 18.9. The molecule has 1 aliphatic heterocycles. The molecule has 2 aromatic rings. The first-order valence-electron chi connectivity index (χ1n) is 9.88. The standard InChI is InChI=1S/C21H26N4O2S/c1-4-27-21(26)25-9-7-24(8-10-25)18-5-6-22-17-12-15(11-16(17)18)20-23-13-19(28-20)14(2)3/h5-6,11,13-14H,4,7-10,12H2,1-3H3. The van der Waals surface area contributed by atoms with Crippen LogP contribution in [0, 0.1) is 0 Å². The Morgan fingerprint density at radius 2 is 2.04 bits per heavy atom. The molecule has 3 heterocycles. The number of fused-ring (bicyclic) bond motifs is 1. The molecule has 28 heavy (non-hydrogen) atoms. The summed E-state index contributed by atoms with van der Waals surface area (Å²) in [4.78, 5) is 26.6. The number of anilines is 1. The van der Waals surface area contributed by atoms with Crippen LogP contribution in [0.4, 0.5) is 10.5 Å². The zero-order chi connectivity index (χ0) is 19.7. The molecule has 148 valence electrons. The fraction of sp³-hybridized carbons (Fsp3) is 0.476. The van der Waals surface area contributed by atoms with E-state index in [1.54, 1.807) is 16.2 Å². The van der Waals surface area contributed by atoms with E-state index >= 15 is 0 Å². The van der Waals surface area contributed by atoms with Crippen molar-refractivity contribution in [2.45, 2.75) is 33.1 Å². The molecule has 0 saturated carbocycles. The summed E-state index contributed by atoms with van der Waals surface area (Å²) in [5.74, 6) is 0.500. The van der Waals surface area contributed by atoms with Crippen molar-refractivity contribution < 1.29 is 9.53 Å². The van der Waals surface area contributed by atoms with Crippen LogP contribution in [0.15, 0.2) is 18.5 Å². The number of carbonyl (C=O) groups is 1. The largest absolute Gasteiger partial charge is 0.450 e. The number of thiazole rings is 1. The Labute approximate surface area is 169 Å². The van der Waals surface area contributed by atoms with Crippen molar-refractivity contribution in [1.29, 1.82) is 0 Å². The lowest BCUT2D eigenvalue weighted by molar-refractivity contribution is 0.105. The number of rotatable bonds is 4. The van der Waals surface area contributed by atoms with Crippen molar-refractivity contribution in [3.63, 3.8) is 0 Å². The monoisotopic (exact) mass is 398 g/mol. The average Bonchev–Trinajstić information content (AvgIpc) is 3.35. The number of allylic oxidation sites excluding steroid dienone is 1. The molecule has 1 amide bonds. The summed E-state index contributed by atoms with van der Waals surface area (Å²) in [5.41, 5.74) is 4.76. The summed E-state index contributed by atoms with van der Waals surface area (Å²) in [6.45, 7) is 9.61. The Hall–Kier alpha value is -2.41. The molecule has 0 radical (unpaired) electrons. The molecule has 0 bridgehead atoms. The molecule has 4 rings (SSSR count). The third kappa shape index (κ3) is 3.63. The van der Waals surface area contributed by atoms with Gasteiger partial charge in [-0.25, -0.2) is 9.78 Å². The van der Waals surface area contributed by atoms with E-state index < -0.39 is 0 Å². The van der Waals surface area contributed by atoms with E-state index in [0.29, 0.717) is 25.6 Å². The smallest absolute Gasteiger partial charge is 0.409 e. The normalized spacial score (nSPS) is 16.4. The van der Waals surface area contributed by atoms with Crippen LogP contribution >= 0.6 is 11.3 Å². The van der Waals surface area contributed by atoms with Crippen LogP contribution in [0.3, 0.4) is 0 Å². The van der Waals surface area contributed by atoms with E-state index in [2.05, 4.69) is 40.9 Å². The van der Waals surface area contributed by atoms with Gasteiger partial charge in [0.05, 0.1) is 12.3 Å². The Morgan fingerprint density at radius 3 is 2.71 bits per heavy atom. The summed E-state index contributed by atoms with van der Waals surface area (Å²) >= 11 is 1.78. The molecule has 1 fully saturated rings. The highest BCUT2D eigenvalue weighted by molar-refractivity contribution is 7.12. The average molecular weight is 399 g/mol. The predicted molar refractivity (Wildman–Crippen MR) is 113 cm³/mol. The minimum atomic E-state index is -0.214. The number of amides is 1. The van der Waals surface area contributed by atoms with Gasteiger partial charge in [-0.05, 0) is 30.6 Å². The molecule has 2 aromatic heterocycles. The Kier molecular flexibility index (Phi) is 5.35. The lowest BCUT2D eigenvalue weighted by atomic mass is 10.1. The van der Waals surface area contributed by atoms with Crippen molar-refractivity contribution in [1.82, 2.24) is 14.9 Å². The molecule has 0 spiro atoms. The summed E-state index contributed by atoms with van der Waals surface area (Å²) in [6.07, 6.45) is 6.76. The minimum Gasteiger partial charge on any atom is -0.450 e. The van der Waals surface area contributed by atoms with Gasteiger partial charge in [0, 0.05) is 61.1 Å². The van der Waals surface area contributed by atoms with Gasteiger partial charge in [0.25, 0.3) is 0 Å². The van der Waals surface area contributed by atoms with Crippen molar-refractivity contribution in [2.24, 2.45) is 0 Å². The van der Waals surface area contributed by atoms with Crippen molar-refractivity contribution >= 4 is 34.8 Å². The molecular formula is C21H26N4O2S. The fourth-order valence-electron chi connectivity index (χ4n) is 3.67. The van der Waals surface area contributed by atoms with Gasteiger partial charge in [-0.15, -0.1) is 11.3 Å². The number of ether oxygens (including phenoxy) is 1. The third-order valence-corrected chi connectivity index (χ3v) is 6.61. The Bertz CT molecular complexity index is 898. The zero-order valence-electron chi connectivity index (χ0n) is 16.6. The van der Waals surface area contributed by atoms with Gasteiger partial charge in [0.2, 0.25) is 0 Å². The van der Waals surface area contributed by atoms with Gasteiger partial charge >= 0.3 is 6.09 Å². The molecule has 0 unspecified atom stereocenters. The molecule has 7 heteroatoms. The lowest BCUT2D eigenvalue weighted by Crippen LogP contribution is -2.49. The lowest BCUT2D eigenvalue weighted by Gasteiger charge is -2.36. The summed E-state index contributed by atoms with van der Waals surface area (Å²) < 4.78 is 5.12. The second-order valence-electron chi connectivity index (χ2n) is 7.43.